The highest BCUT2D eigenvalue weighted by molar-refractivity contribution is 7.99. The number of thiophene rings is 1. The molecule has 31 heavy (non-hydrogen) atoms. The quantitative estimate of drug-likeness (QED) is 0.377. The van der Waals surface area contributed by atoms with Crippen LogP contribution in [0.1, 0.15) is 63.4 Å². The van der Waals surface area contributed by atoms with Crippen LogP contribution in [0.5, 0.6) is 5.75 Å². The Morgan fingerprint density at radius 3 is 2.71 bits per heavy atom. The SMILES string of the molecule is CCCOc1ccc(Sc2ccc3scc(C4CCC5CCCCN5CC4)c3c2)cc1. The summed E-state index contributed by atoms with van der Waals surface area (Å²) in [5, 5.41) is 3.94. The number of hydrogen-bond donors (Lipinski definition) is 0. The highest BCUT2D eigenvalue weighted by atomic mass is 32.2. The standard InChI is InChI=1S/C27H33NOS2/c1-2-17-29-22-8-10-23(11-9-22)31-24-12-13-27-25(18-24)26(19-30-27)20-6-7-21-5-3-4-15-28(21)16-14-20/h8-13,18-21H,2-7,14-17H2,1H3. The molecule has 2 aliphatic heterocycles. The predicted octanol–water partition coefficient (Wildman–Crippen LogP) is 7.96. The maximum atomic E-state index is 5.72. The van der Waals surface area contributed by atoms with Gasteiger partial charge in [0.15, 0.2) is 0 Å². The minimum Gasteiger partial charge on any atom is -0.494 e. The van der Waals surface area contributed by atoms with E-state index in [0.29, 0.717) is 0 Å². The van der Waals surface area contributed by atoms with Crippen LogP contribution in [0.15, 0.2) is 57.6 Å². The minimum absolute atomic E-state index is 0.717. The summed E-state index contributed by atoms with van der Waals surface area (Å²) >= 11 is 3.78. The molecule has 0 radical (unpaired) electrons. The zero-order chi connectivity index (χ0) is 21.0. The number of rotatable bonds is 6. The van der Waals surface area contributed by atoms with Gasteiger partial charge >= 0.3 is 0 Å². The molecule has 5 rings (SSSR count). The number of piperidine rings is 1. The molecule has 2 saturated heterocycles. The fraction of sp³-hybridized carbons (Fsp3) is 0.481. The maximum Gasteiger partial charge on any atom is 0.119 e. The van der Waals surface area contributed by atoms with Gasteiger partial charge < -0.3 is 9.64 Å². The van der Waals surface area contributed by atoms with Gasteiger partial charge in [0.05, 0.1) is 6.61 Å². The van der Waals surface area contributed by atoms with Crippen molar-refractivity contribution in [1.29, 1.82) is 0 Å². The van der Waals surface area contributed by atoms with E-state index in [2.05, 4.69) is 59.7 Å². The minimum atomic E-state index is 0.717. The first-order chi connectivity index (χ1) is 15.3. The van der Waals surface area contributed by atoms with Crippen molar-refractivity contribution in [2.24, 2.45) is 0 Å². The van der Waals surface area contributed by atoms with E-state index in [9.17, 15) is 0 Å². The molecule has 2 atom stereocenters. The summed E-state index contributed by atoms with van der Waals surface area (Å²) in [5.41, 5.74) is 1.60. The molecule has 1 aromatic heterocycles. The van der Waals surface area contributed by atoms with Crippen LogP contribution in [0.3, 0.4) is 0 Å². The zero-order valence-corrected chi connectivity index (χ0v) is 20.1. The summed E-state index contributed by atoms with van der Waals surface area (Å²) < 4.78 is 7.16. The Labute approximate surface area is 195 Å². The molecule has 2 fully saturated rings. The first kappa shape index (κ1) is 21.4. The molecule has 0 aliphatic carbocycles. The number of fused-ring (bicyclic) bond motifs is 2. The van der Waals surface area contributed by atoms with Crippen molar-refractivity contribution in [2.75, 3.05) is 19.7 Å². The van der Waals surface area contributed by atoms with Gasteiger partial charge in [0.1, 0.15) is 5.75 Å². The van der Waals surface area contributed by atoms with Crippen molar-refractivity contribution < 1.29 is 4.74 Å². The lowest BCUT2D eigenvalue weighted by Crippen LogP contribution is -2.38. The first-order valence-electron chi connectivity index (χ1n) is 12.0. The van der Waals surface area contributed by atoms with E-state index in [-0.39, 0.29) is 0 Å². The van der Waals surface area contributed by atoms with Crippen LogP contribution >= 0.6 is 23.1 Å². The van der Waals surface area contributed by atoms with Crippen molar-refractivity contribution >= 4 is 33.2 Å². The third-order valence-electron chi connectivity index (χ3n) is 6.91. The van der Waals surface area contributed by atoms with Gasteiger partial charge in [-0.3, -0.25) is 0 Å². The van der Waals surface area contributed by atoms with Crippen LogP contribution in [0, 0.1) is 0 Å². The molecule has 0 bridgehead atoms. The Bertz CT molecular complexity index is 980. The second kappa shape index (κ2) is 9.97. The van der Waals surface area contributed by atoms with Gasteiger partial charge in [0, 0.05) is 20.5 Å². The smallest absolute Gasteiger partial charge is 0.119 e. The summed E-state index contributed by atoms with van der Waals surface area (Å²) in [4.78, 5) is 5.39. The second-order valence-corrected chi connectivity index (χ2v) is 11.1. The van der Waals surface area contributed by atoms with Crippen molar-refractivity contribution in [1.82, 2.24) is 4.90 Å². The highest BCUT2D eigenvalue weighted by Gasteiger charge is 2.28. The summed E-state index contributed by atoms with van der Waals surface area (Å²) in [6, 6.07) is 16.4. The number of benzene rings is 2. The predicted molar refractivity (Wildman–Crippen MR) is 134 cm³/mol. The third kappa shape index (κ3) is 4.97. The van der Waals surface area contributed by atoms with Gasteiger partial charge in [0.25, 0.3) is 0 Å². The zero-order valence-electron chi connectivity index (χ0n) is 18.5. The molecular formula is C27H33NOS2. The number of hydrogen-bond acceptors (Lipinski definition) is 4. The largest absolute Gasteiger partial charge is 0.494 e. The molecule has 0 N–H and O–H groups in total. The Balaban J connectivity index is 1.32. The molecule has 4 heteroatoms. The van der Waals surface area contributed by atoms with Gasteiger partial charge in [-0.15, -0.1) is 11.3 Å². The molecule has 2 aromatic carbocycles. The lowest BCUT2D eigenvalue weighted by molar-refractivity contribution is 0.151. The van der Waals surface area contributed by atoms with Crippen molar-refractivity contribution in [3.05, 3.63) is 53.4 Å². The highest BCUT2D eigenvalue weighted by Crippen LogP contribution is 2.41. The topological polar surface area (TPSA) is 12.5 Å². The van der Waals surface area contributed by atoms with E-state index in [1.165, 1.54) is 71.5 Å². The molecule has 2 aliphatic rings. The van der Waals surface area contributed by atoms with Crippen LogP contribution in [-0.2, 0) is 0 Å². The Kier molecular flexibility index (Phi) is 6.87. The number of ether oxygens (including phenoxy) is 1. The second-order valence-electron chi connectivity index (χ2n) is 9.02. The van der Waals surface area contributed by atoms with Gasteiger partial charge in [0.2, 0.25) is 0 Å². The lowest BCUT2D eigenvalue weighted by atomic mass is 9.90. The molecule has 0 spiro atoms. The average Bonchev–Trinajstić information content (AvgIpc) is 3.10. The summed E-state index contributed by atoms with van der Waals surface area (Å²) in [5.74, 6) is 1.68. The first-order valence-corrected chi connectivity index (χ1v) is 13.7. The summed E-state index contributed by atoms with van der Waals surface area (Å²) in [6.07, 6.45) is 9.33. The van der Waals surface area contributed by atoms with Crippen molar-refractivity contribution in [3.63, 3.8) is 0 Å². The summed E-state index contributed by atoms with van der Waals surface area (Å²) in [6.45, 7) is 5.53. The molecule has 2 nitrogen and oxygen atoms in total. The molecule has 0 saturated carbocycles. The average molecular weight is 452 g/mol. The molecule has 3 heterocycles. The van der Waals surface area contributed by atoms with Gasteiger partial charge in [-0.1, -0.05) is 25.1 Å². The van der Waals surface area contributed by atoms with E-state index in [1.54, 1.807) is 5.56 Å². The van der Waals surface area contributed by atoms with Gasteiger partial charge in [-0.05, 0) is 116 Å². The third-order valence-corrected chi connectivity index (χ3v) is 8.89. The molecule has 2 unspecified atom stereocenters. The Morgan fingerprint density at radius 2 is 1.84 bits per heavy atom. The molecule has 164 valence electrons. The normalized spacial score (nSPS) is 22.2. The van der Waals surface area contributed by atoms with E-state index in [4.69, 9.17) is 4.74 Å². The van der Waals surface area contributed by atoms with Gasteiger partial charge in [-0.2, -0.15) is 0 Å². The monoisotopic (exact) mass is 451 g/mol. The Morgan fingerprint density at radius 1 is 0.968 bits per heavy atom. The molecular weight excluding hydrogens is 418 g/mol. The van der Waals surface area contributed by atoms with E-state index >= 15 is 0 Å². The van der Waals surface area contributed by atoms with E-state index in [0.717, 1.165) is 30.7 Å². The molecule has 0 amide bonds. The van der Waals surface area contributed by atoms with Crippen LogP contribution in [0.2, 0.25) is 0 Å². The molecule has 3 aromatic rings. The van der Waals surface area contributed by atoms with Crippen LogP contribution < -0.4 is 4.74 Å². The van der Waals surface area contributed by atoms with Crippen LogP contribution in [0.4, 0.5) is 0 Å². The van der Waals surface area contributed by atoms with Gasteiger partial charge in [-0.25, -0.2) is 0 Å². The fourth-order valence-electron chi connectivity index (χ4n) is 5.22. The lowest BCUT2D eigenvalue weighted by Gasteiger charge is -2.33. The van der Waals surface area contributed by atoms with E-state index in [1.807, 2.05) is 23.1 Å². The maximum absolute atomic E-state index is 5.72. The van der Waals surface area contributed by atoms with E-state index < -0.39 is 0 Å². The summed E-state index contributed by atoms with van der Waals surface area (Å²) in [7, 11) is 0. The fourth-order valence-corrected chi connectivity index (χ4v) is 7.10. The van der Waals surface area contributed by atoms with Crippen LogP contribution in [-0.4, -0.2) is 30.6 Å². The Hall–Kier alpha value is -1.49. The van der Waals surface area contributed by atoms with Crippen LogP contribution in [0.25, 0.3) is 10.1 Å². The van der Waals surface area contributed by atoms with Crippen molar-refractivity contribution in [2.45, 2.75) is 73.6 Å². The number of nitrogens with zero attached hydrogens (tertiary/aromatic N) is 1. The van der Waals surface area contributed by atoms with Crippen molar-refractivity contribution in [3.8, 4) is 5.75 Å².